The zero-order chi connectivity index (χ0) is 14.8. The number of nitrogens with two attached hydrogens (primary N) is 1. The van der Waals surface area contributed by atoms with Crippen LogP contribution in [0.2, 0.25) is 0 Å². The van der Waals surface area contributed by atoms with Gasteiger partial charge in [0.15, 0.2) is 0 Å². The third-order valence-electron chi connectivity index (χ3n) is 3.51. The highest BCUT2D eigenvalue weighted by Gasteiger charge is 2.17. The molecule has 0 saturated carbocycles. The first-order valence-electron chi connectivity index (χ1n) is 7.07. The minimum atomic E-state index is -0.150. The molecule has 0 fully saturated rings. The second kappa shape index (κ2) is 5.99. The third kappa shape index (κ3) is 2.87. The Balaban J connectivity index is 2.01. The maximum Gasteiger partial charge on any atom is 0.127 e. The van der Waals surface area contributed by atoms with Crippen molar-refractivity contribution in [3.63, 3.8) is 0 Å². The summed E-state index contributed by atoms with van der Waals surface area (Å²) in [7, 11) is 0. The molecule has 6 heteroatoms. The lowest BCUT2D eigenvalue weighted by molar-refractivity contribution is 0.581. The van der Waals surface area contributed by atoms with Crippen molar-refractivity contribution in [3.05, 3.63) is 46.7 Å². The number of aromatic amines is 1. The first-order valence-corrected chi connectivity index (χ1v) is 7.87. The standard InChI is InChI=1S/C15H18BrN5/c1-2-5-21-14-4-3-10(16)6-13(14)20-15(21)12(17)7-11-8-18-9-19-11/h3-4,6,8-9,12H,2,5,7,17H2,1H3,(H,18,19). The lowest BCUT2D eigenvalue weighted by atomic mass is 10.1. The van der Waals surface area contributed by atoms with E-state index in [0.29, 0.717) is 6.42 Å². The van der Waals surface area contributed by atoms with Crippen molar-refractivity contribution in [2.75, 3.05) is 0 Å². The maximum absolute atomic E-state index is 6.38. The number of H-pyrrole nitrogens is 1. The van der Waals surface area contributed by atoms with E-state index in [2.05, 4.69) is 43.5 Å². The summed E-state index contributed by atoms with van der Waals surface area (Å²) < 4.78 is 3.26. The van der Waals surface area contributed by atoms with Crippen LogP contribution in [-0.4, -0.2) is 19.5 Å². The van der Waals surface area contributed by atoms with Crippen molar-refractivity contribution in [1.82, 2.24) is 19.5 Å². The van der Waals surface area contributed by atoms with E-state index in [4.69, 9.17) is 10.7 Å². The molecule has 0 spiro atoms. The summed E-state index contributed by atoms with van der Waals surface area (Å²) in [5, 5.41) is 0. The van der Waals surface area contributed by atoms with Crippen molar-refractivity contribution < 1.29 is 0 Å². The van der Waals surface area contributed by atoms with Crippen LogP contribution < -0.4 is 5.73 Å². The van der Waals surface area contributed by atoms with Gasteiger partial charge in [0.2, 0.25) is 0 Å². The molecule has 3 rings (SSSR count). The molecule has 0 aliphatic carbocycles. The van der Waals surface area contributed by atoms with Crippen molar-refractivity contribution in [3.8, 4) is 0 Å². The number of nitrogens with zero attached hydrogens (tertiary/aromatic N) is 3. The zero-order valence-electron chi connectivity index (χ0n) is 11.9. The smallest absolute Gasteiger partial charge is 0.127 e. The molecule has 1 atom stereocenters. The molecule has 21 heavy (non-hydrogen) atoms. The first-order chi connectivity index (χ1) is 10.2. The molecule has 3 aromatic rings. The SMILES string of the molecule is CCCn1c(C(N)Cc2cnc[nH]2)nc2cc(Br)ccc21. The number of benzene rings is 1. The number of fused-ring (bicyclic) bond motifs is 1. The number of aryl methyl sites for hydroxylation is 1. The molecule has 2 aromatic heterocycles. The third-order valence-corrected chi connectivity index (χ3v) is 4.01. The number of imidazole rings is 2. The van der Waals surface area contributed by atoms with Crippen molar-refractivity contribution in [2.24, 2.45) is 5.73 Å². The number of halogens is 1. The fourth-order valence-corrected chi connectivity index (χ4v) is 2.94. The molecule has 0 aliphatic heterocycles. The van der Waals surface area contributed by atoms with E-state index in [9.17, 15) is 0 Å². The Labute approximate surface area is 131 Å². The van der Waals surface area contributed by atoms with E-state index in [1.807, 2.05) is 18.3 Å². The summed E-state index contributed by atoms with van der Waals surface area (Å²) in [5.74, 6) is 0.930. The van der Waals surface area contributed by atoms with E-state index in [1.165, 1.54) is 0 Å². The quantitative estimate of drug-likeness (QED) is 0.744. The van der Waals surface area contributed by atoms with Crippen LogP contribution in [0.4, 0.5) is 0 Å². The Morgan fingerprint density at radius 1 is 1.43 bits per heavy atom. The maximum atomic E-state index is 6.38. The molecule has 5 nitrogen and oxygen atoms in total. The molecule has 0 saturated heterocycles. The summed E-state index contributed by atoms with van der Waals surface area (Å²) in [5.41, 5.74) is 9.52. The highest BCUT2D eigenvalue weighted by atomic mass is 79.9. The fraction of sp³-hybridized carbons (Fsp3) is 0.333. The van der Waals surface area contributed by atoms with E-state index < -0.39 is 0 Å². The van der Waals surface area contributed by atoms with Crippen LogP contribution in [0.3, 0.4) is 0 Å². The van der Waals surface area contributed by atoms with Gasteiger partial charge in [0, 0.05) is 29.3 Å². The van der Waals surface area contributed by atoms with Crippen molar-refractivity contribution in [2.45, 2.75) is 32.4 Å². The number of rotatable bonds is 5. The number of hydrogen-bond acceptors (Lipinski definition) is 3. The van der Waals surface area contributed by atoms with Gasteiger partial charge >= 0.3 is 0 Å². The minimum Gasteiger partial charge on any atom is -0.348 e. The molecular weight excluding hydrogens is 330 g/mol. The van der Waals surface area contributed by atoms with Gasteiger partial charge in [0.25, 0.3) is 0 Å². The molecule has 0 bridgehead atoms. The van der Waals surface area contributed by atoms with Crippen LogP contribution in [-0.2, 0) is 13.0 Å². The van der Waals surface area contributed by atoms with Gasteiger partial charge in [-0.1, -0.05) is 22.9 Å². The van der Waals surface area contributed by atoms with Gasteiger partial charge in [-0.05, 0) is 24.6 Å². The van der Waals surface area contributed by atoms with Gasteiger partial charge in [-0.2, -0.15) is 0 Å². The lowest BCUT2D eigenvalue weighted by Crippen LogP contribution is -2.19. The Morgan fingerprint density at radius 2 is 2.29 bits per heavy atom. The monoisotopic (exact) mass is 347 g/mol. The average Bonchev–Trinajstić information content (AvgIpc) is 3.07. The van der Waals surface area contributed by atoms with E-state index in [1.54, 1.807) is 6.33 Å². The molecule has 0 aliphatic rings. The molecule has 1 unspecified atom stereocenters. The topological polar surface area (TPSA) is 72.5 Å². The van der Waals surface area contributed by atoms with Crippen LogP contribution in [0.5, 0.6) is 0 Å². The highest BCUT2D eigenvalue weighted by Crippen LogP contribution is 2.24. The molecule has 3 N–H and O–H groups in total. The Morgan fingerprint density at radius 3 is 3.00 bits per heavy atom. The summed E-state index contributed by atoms with van der Waals surface area (Å²) in [6, 6.07) is 6.02. The van der Waals surface area contributed by atoms with Gasteiger partial charge in [-0.15, -0.1) is 0 Å². The van der Waals surface area contributed by atoms with E-state index >= 15 is 0 Å². The van der Waals surface area contributed by atoms with Crippen LogP contribution >= 0.6 is 15.9 Å². The van der Waals surface area contributed by atoms with E-state index in [0.717, 1.165) is 40.0 Å². The van der Waals surface area contributed by atoms with Gasteiger partial charge in [-0.3, -0.25) is 0 Å². The number of aromatic nitrogens is 4. The molecule has 110 valence electrons. The summed E-state index contributed by atoms with van der Waals surface area (Å²) in [4.78, 5) is 11.9. The fourth-order valence-electron chi connectivity index (χ4n) is 2.59. The van der Waals surface area contributed by atoms with E-state index in [-0.39, 0.29) is 6.04 Å². The van der Waals surface area contributed by atoms with Crippen LogP contribution in [0.25, 0.3) is 11.0 Å². The Kier molecular flexibility index (Phi) is 4.07. The Hall–Kier alpha value is -1.66. The predicted octanol–water partition coefficient (Wildman–Crippen LogP) is 3.17. The van der Waals surface area contributed by atoms with Gasteiger partial charge in [-0.25, -0.2) is 9.97 Å². The van der Waals surface area contributed by atoms with Crippen LogP contribution in [0, 0.1) is 0 Å². The second-order valence-electron chi connectivity index (χ2n) is 5.14. The summed E-state index contributed by atoms with van der Waals surface area (Å²) >= 11 is 3.50. The molecular formula is C15H18BrN5. The highest BCUT2D eigenvalue weighted by molar-refractivity contribution is 9.10. The van der Waals surface area contributed by atoms with Gasteiger partial charge < -0.3 is 15.3 Å². The molecule has 0 radical (unpaired) electrons. The number of hydrogen-bond donors (Lipinski definition) is 2. The Bertz CT molecular complexity index is 732. The molecule has 0 amide bonds. The summed E-state index contributed by atoms with van der Waals surface area (Å²) in [6.07, 6.45) is 5.23. The normalized spacial score (nSPS) is 12.9. The van der Waals surface area contributed by atoms with Gasteiger partial charge in [0.05, 0.1) is 23.4 Å². The summed E-state index contributed by atoms with van der Waals surface area (Å²) in [6.45, 7) is 3.08. The zero-order valence-corrected chi connectivity index (χ0v) is 13.5. The minimum absolute atomic E-state index is 0.150. The van der Waals surface area contributed by atoms with Crippen LogP contribution in [0.1, 0.15) is 30.9 Å². The second-order valence-corrected chi connectivity index (χ2v) is 6.06. The predicted molar refractivity (Wildman–Crippen MR) is 86.9 cm³/mol. The van der Waals surface area contributed by atoms with Crippen LogP contribution in [0.15, 0.2) is 35.2 Å². The van der Waals surface area contributed by atoms with Crippen molar-refractivity contribution >= 4 is 27.0 Å². The first kappa shape index (κ1) is 14.3. The number of nitrogens with one attached hydrogen (secondary N) is 1. The molecule has 2 heterocycles. The van der Waals surface area contributed by atoms with Crippen molar-refractivity contribution in [1.29, 1.82) is 0 Å². The average molecular weight is 348 g/mol. The lowest BCUT2D eigenvalue weighted by Gasteiger charge is -2.13. The molecule has 1 aromatic carbocycles. The van der Waals surface area contributed by atoms with Gasteiger partial charge in [0.1, 0.15) is 5.82 Å². The largest absolute Gasteiger partial charge is 0.348 e.